The topological polar surface area (TPSA) is 119 Å². The van der Waals surface area contributed by atoms with E-state index in [-0.39, 0.29) is 17.3 Å². The molecule has 0 saturated heterocycles. The van der Waals surface area contributed by atoms with Gasteiger partial charge < -0.3 is 11.5 Å². The summed E-state index contributed by atoms with van der Waals surface area (Å²) < 4.78 is 0. The van der Waals surface area contributed by atoms with E-state index in [0.717, 1.165) is 11.3 Å². The summed E-state index contributed by atoms with van der Waals surface area (Å²) in [6.45, 7) is 1.85. The van der Waals surface area contributed by atoms with Gasteiger partial charge in [0.2, 0.25) is 5.95 Å². The summed E-state index contributed by atoms with van der Waals surface area (Å²) in [6, 6.07) is 9.64. The highest BCUT2D eigenvalue weighted by Crippen LogP contribution is 2.09. The highest BCUT2D eigenvalue weighted by Gasteiger charge is 2.08. The maximum atomic E-state index is 11.0. The second-order valence-electron chi connectivity index (χ2n) is 4.03. The summed E-state index contributed by atoms with van der Waals surface area (Å²) in [5.74, 6) is -0.455. The van der Waals surface area contributed by atoms with Gasteiger partial charge in [0.05, 0.1) is 11.3 Å². The number of amides is 1. The Labute approximate surface area is 115 Å². The molecule has 2 rings (SSSR count). The number of nitrogens with zero attached hydrogens (tertiary/aromatic N) is 3. The lowest BCUT2D eigenvalue weighted by Gasteiger charge is -2.04. The highest BCUT2D eigenvalue weighted by molar-refractivity contribution is 5.99. The standard InChI is InChI=1S/C13H14N6O/c1-8(9-5-3-2-4-6-9)18-19-13-16-7-10(12(15)20)11(14)17-13/h2-7H,1H3,(H2,15,20)(H3,14,16,17,19)/b18-8+. The van der Waals surface area contributed by atoms with Crippen molar-refractivity contribution in [1.29, 1.82) is 0 Å². The molecular formula is C13H14N6O. The van der Waals surface area contributed by atoms with Crippen LogP contribution in [0.3, 0.4) is 0 Å². The second kappa shape index (κ2) is 5.79. The number of carbonyl (C=O) groups is 1. The predicted molar refractivity (Wildman–Crippen MR) is 77.2 cm³/mol. The first-order valence-corrected chi connectivity index (χ1v) is 5.86. The van der Waals surface area contributed by atoms with Gasteiger partial charge in [-0.05, 0) is 12.5 Å². The Balaban J connectivity index is 2.15. The Hall–Kier alpha value is -2.96. The SMILES string of the molecule is C/C(=N\Nc1ncc(C(N)=O)c(N)n1)c1ccccc1. The van der Waals surface area contributed by atoms with Gasteiger partial charge in [0, 0.05) is 6.20 Å². The number of benzene rings is 1. The van der Waals surface area contributed by atoms with Crippen molar-refractivity contribution in [2.75, 3.05) is 11.2 Å². The normalized spacial score (nSPS) is 11.2. The summed E-state index contributed by atoms with van der Waals surface area (Å²) in [5.41, 5.74) is 15.2. The van der Waals surface area contributed by atoms with E-state index in [9.17, 15) is 4.79 Å². The third kappa shape index (κ3) is 3.08. The summed E-state index contributed by atoms with van der Waals surface area (Å²) in [4.78, 5) is 18.8. The highest BCUT2D eigenvalue weighted by atomic mass is 16.1. The average molecular weight is 270 g/mol. The lowest BCUT2D eigenvalue weighted by atomic mass is 10.1. The van der Waals surface area contributed by atoms with Gasteiger partial charge in [-0.25, -0.2) is 10.4 Å². The molecule has 0 atom stereocenters. The molecule has 7 nitrogen and oxygen atoms in total. The molecule has 102 valence electrons. The second-order valence-corrected chi connectivity index (χ2v) is 4.03. The molecule has 0 saturated carbocycles. The molecule has 7 heteroatoms. The minimum atomic E-state index is -0.669. The first-order chi connectivity index (χ1) is 9.58. The Morgan fingerprint density at radius 2 is 2.00 bits per heavy atom. The van der Waals surface area contributed by atoms with Crippen molar-refractivity contribution in [3.05, 3.63) is 47.7 Å². The van der Waals surface area contributed by atoms with Gasteiger partial charge in [0.15, 0.2) is 0 Å². The zero-order valence-electron chi connectivity index (χ0n) is 10.9. The van der Waals surface area contributed by atoms with Gasteiger partial charge in [-0.1, -0.05) is 30.3 Å². The third-order valence-corrected chi connectivity index (χ3v) is 2.60. The number of anilines is 2. The number of hydrogen-bond acceptors (Lipinski definition) is 6. The minimum Gasteiger partial charge on any atom is -0.383 e. The molecular weight excluding hydrogens is 256 g/mol. The monoisotopic (exact) mass is 270 g/mol. The lowest BCUT2D eigenvalue weighted by Crippen LogP contribution is -2.15. The van der Waals surface area contributed by atoms with E-state index in [1.54, 1.807) is 0 Å². The molecule has 0 aliphatic carbocycles. The molecule has 0 aliphatic rings. The lowest BCUT2D eigenvalue weighted by molar-refractivity contribution is 0.100. The molecule has 1 aromatic carbocycles. The van der Waals surface area contributed by atoms with Crippen LogP contribution in [0.25, 0.3) is 0 Å². The molecule has 0 fully saturated rings. The number of hydrazone groups is 1. The van der Waals surface area contributed by atoms with Gasteiger partial charge >= 0.3 is 0 Å². The van der Waals surface area contributed by atoms with E-state index in [2.05, 4.69) is 20.5 Å². The van der Waals surface area contributed by atoms with Crippen LogP contribution in [0.1, 0.15) is 22.8 Å². The maximum absolute atomic E-state index is 11.0. The van der Waals surface area contributed by atoms with Crippen LogP contribution >= 0.6 is 0 Å². The molecule has 5 N–H and O–H groups in total. The van der Waals surface area contributed by atoms with Crippen molar-refractivity contribution in [3.8, 4) is 0 Å². The van der Waals surface area contributed by atoms with Crippen molar-refractivity contribution < 1.29 is 4.79 Å². The van der Waals surface area contributed by atoms with Crippen molar-refractivity contribution in [2.24, 2.45) is 10.8 Å². The van der Waals surface area contributed by atoms with Crippen LogP contribution in [0.4, 0.5) is 11.8 Å². The van der Waals surface area contributed by atoms with Crippen LogP contribution in [0.15, 0.2) is 41.6 Å². The number of primary amides is 1. The fourth-order valence-electron chi connectivity index (χ4n) is 1.52. The van der Waals surface area contributed by atoms with Crippen LogP contribution in [-0.4, -0.2) is 21.6 Å². The minimum absolute atomic E-state index is 0.0163. The smallest absolute Gasteiger partial charge is 0.254 e. The number of nitrogens with one attached hydrogen (secondary N) is 1. The van der Waals surface area contributed by atoms with Crippen molar-refractivity contribution in [1.82, 2.24) is 9.97 Å². The van der Waals surface area contributed by atoms with Crippen molar-refractivity contribution >= 4 is 23.4 Å². The molecule has 1 amide bonds. The molecule has 20 heavy (non-hydrogen) atoms. The van der Waals surface area contributed by atoms with Gasteiger partial charge in [-0.3, -0.25) is 4.79 Å². The molecule has 2 aromatic rings. The van der Waals surface area contributed by atoms with Crippen LogP contribution in [0.2, 0.25) is 0 Å². The van der Waals surface area contributed by atoms with Gasteiger partial charge in [0.25, 0.3) is 5.91 Å². The number of nitrogen functional groups attached to an aromatic ring is 1. The van der Waals surface area contributed by atoms with E-state index < -0.39 is 5.91 Å². The predicted octanol–water partition coefficient (Wildman–Crippen LogP) is 0.994. The zero-order valence-corrected chi connectivity index (χ0v) is 10.9. The Morgan fingerprint density at radius 3 is 2.60 bits per heavy atom. The molecule has 0 bridgehead atoms. The maximum Gasteiger partial charge on any atom is 0.254 e. The molecule has 0 radical (unpaired) electrons. The molecule has 0 unspecified atom stereocenters. The number of hydrogen-bond donors (Lipinski definition) is 3. The Morgan fingerprint density at radius 1 is 1.30 bits per heavy atom. The van der Waals surface area contributed by atoms with E-state index in [0.29, 0.717) is 0 Å². The zero-order chi connectivity index (χ0) is 14.5. The summed E-state index contributed by atoms with van der Waals surface area (Å²) in [5, 5.41) is 4.15. The average Bonchev–Trinajstić information content (AvgIpc) is 2.45. The first-order valence-electron chi connectivity index (χ1n) is 5.86. The molecule has 0 aliphatic heterocycles. The molecule has 1 heterocycles. The largest absolute Gasteiger partial charge is 0.383 e. The fourth-order valence-corrected chi connectivity index (χ4v) is 1.52. The molecule has 0 spiro atoms. The van der Waals surface area contributed by atoms with Crippen LogP contribution < -0.4 is 16.9 Å². The summed E-state index contributed by atoms with van der Waals surface area (Å²) in [6.07, 6.45) is 1.26. The number of rotatable bonds is 4. The van der Waals surface area contributed by atoms with Gasteiger partial charge in [-0.2, -0.15) is 10.1 Å². The van der Waals surface area contributed by atoms with Crippen LogP contribution in [0, 0.1) is 0 Å². The van der Waals surface area contributed by atoms with E-state index in [1.807, 2.05) is 37.3 Å². The van der Waals surface area contributed by atoms with E-state index >= 15 is 0 Å². The number of carbonyl (C=O) groups excluding carboxylic acids is 1. The number of nitrogens with two attached hydrogens (primary N) is 2. The van der Waals surface area contributed by atoms with Crippen molar-refractivity contribution in [2.45, 2.75) is 6.92 Å². The van der Waals surface area contributed by atoms with Crippen LogP contribution in [0.5, 0.6) is 0 Å². The summed E-state index contributed by atoms with van der Waals surface area (Å²) >= 11 is 0. The van der Waals surface area contributed by atoms with Crippen LogP contribution in [-0.2, 0) is 0 Å². The van der Waals surface area contributed by atoms with E-state index in [1.165, 1.54) is 6.20 Å². The Kier molecular flexibility index (Phi) is 3.90. The fraction of sp³-hybridized carbons (Fsp3) is 0.0769. The number of aromatic nitrogens is 2. The van der Waals surface area contributed by atoms with Gasteiger partial charge in [0.1, 0.15) is 5.82 Å². The quantitative estimate of drug-likeness (QED) is 0.565. The summed E-state index contributed by atoms with van der Waals surface area (Å²) in [7, 11) is 0. The Bertz CT molecular complexity index is 653. The molecule has 1 aromatic heterocycles. The third-order valence-electron chi connectivity index (χ3n) is 2.60. The first kappa shape index (κ1) is 13.5. The van der Waals surface area contributed by atoms with E-state index in [4.69, 9.17) is 11.5 Å². The van der Waals surface area contributed by atoms with Gasteiger partial charge in [-0.15, -0.1) is 0 Å². The van der Waals surface area contributed by atoms with Crippen molar-refractivity contribution in [3.63, 3.8) is 0 Å².